The lowest BCUT2D eigenvalue weighted by atomic mass is 10.0. The van der Waals surface area contributed by atoms with Crippen LogP contribution in [0.2, 0.25) is 0 Å². The molecule has 0 unspecified atom stereocenters. The first kappa shape index (κ1) is 9.63. The van der Waals surface area contributed by atoms with Gasteiger partial charge in [-0.25, -0.2) is 9.50 Å². The lowest BCUT2D eigenvalue weighted by Gasteiger charge is -2.07. The molecule has 84 valence electrons. The summed E-state index contributed by atoms with van der Waals surface area (Å²) in [5.74, 6) is 0.493. The standard InChI is InChI=1S/C12H15N3O/c1-8-7-13-15-11(16)6-10(14-12(8)15)9-4-2-3-5-9/h6-7,9,13H,2-5H2,1H3. The van der Waals surface area contributed by atoms with Crippen molar-refractivity contribution >= 4 is 5.65 Å². The SMILES string of the molecule is Cc1c[nH]n2c(=O)cc(C3CCCC3)nc12. The topological polar surface area (TPSA) is 50.2 Å². The van der Waals surface area contributed by atoms with Crippen molar-refractivity contribution in [3.8, 4) is 0 Å². The fourth-order valence-electron chi connectivity index (χ4n) is 2.55. The Hall–Kier alpha value is -1.58. The van der Waals surface area contributed by atoms with Crippen LogP contribution in [0.4, 0.5) is 0 Å². The van der Waals surface area contributed by atoms with E-state index in [4.69, 9.17) is 0 Å². The third-order valence-corrected chi connectivity index (χ3v) is 3.47. The molecule has 1 aliphatic carbocycles. The maximum atomic E-state index is 11.9. The first-order valence-corrected chi connectivity index (χ1v) is 5.83. The van der Waals surface area contributed by atoms with Crippen LogP contribution in [-0.2, 0) is 0 Å². The van der Waals surface area contributed by atoms with E-state index < -0.39 is 0 Å². The molecule has 0 bridgehead atoms. The molecule has 2 heterocycles. The maximum absolute atomic E-state index is 11.9. The van der Waals surface area contributed by atoms with Crippen LogP contribution in [0.15, 0.2) is 17.1 Å². The van der Waals surface area contributed by atoms with Gasteiger partial charge in [-0.3, -0.25) is 9.89 Å². The summed E-state index contributed by atoms with van der Waals surface area (Å²) in [6, 6.07) is 1.68. The van der Waals surface area contributed by atoms with E-state index in [0.29, 0.717) is 5.92 Å². The Morgan fingerprint density at radius 2 is 2.19 bits per heavy atom. The van der Waals surface area contributed by atoms with Gasteiger partial charge >= 0.3 is 0 Å². The Bertz CT molecular complexity index is 575. The highest BCUT2D eigenvalue weighted by Crippen LogP contribution is 2.32. The molecule has 1 N–H and O–H groups in total. The highest BCUT2D eigenvalue weighted by Gasteiger charge is 2.20. The van der Waals surface area contributed by atoms with Gasteiger partial charge in [-0.1, -0.05) is 12.8 Å². The lowest BCUT2D eigenvalue weighted by molar-refractivity contribution is 0.691. The molecule has 2 aromatic heterocycles. The Balaban J connectivity index is 2.19. The van der Waals surface area contributed by atoms with Gasteiger partial charge in [0.1, 0.15) is 0 Å². The van der Waals surface area contributed by atoms with Gasteiger partial charge in [0, 0.05) is 23.7 Å². The van der Waals surface area contributed by atoms with E-state index in [0.717, 1.165) is 16.9 Å². The van der Waals surface area contributed by atoms with E-state index in [9.17, 15) is 4.79 Å². The smallest absolute Gasteiger partial charge is 0.272 e. The normalized spacial score (nSPS) is 17.3. The molecule has 1 saturated carbocycles. The number of hydrogen-bond acceptors (Lipinski definition) is 2. The van der Waals surface area contributed by atoms with E-state index in [-0.39, 0.29) is 5.56 Å². The highest BCUT2D eigenvalue weighted by atomic mass is 16.1. The summed E-state index contributed by atoms with van der Waals surface area (Å²) < 4.78 is 1.51. The molecular weight excluding hydrogens is 202 g/mol. The van der Waals surface area contributed by atoms with Gasteiger partial charge in [0.15, 0.2) is 5.65 Å². The van der Waals surface area contributed by atoms with Gasteiger partial charge in [0.25, 0.3) is 5.56 Å². The van der Waals surface area contributed by atoms with Gasteiger partial charge in [-0.15, -0.1) is 0 Å². The number of aromatic nitrogens is 3. The molecule has 0 spiro atoms. The molecule has 0 atom stereocenters. The van der Waals surface area contributed by atoms with Gasteiger partial charge in [-0.2, -0.15) is 0 Å². The van der Waals surface area contributed by atoms with E-state index in [1.807, 2.05) is 13.1 Å². The number of H-pyrrole nitrogens is 1. The minimum Gasteiger partial charge on any atom is -0.297 e. The van der Waals surface area contributed by atoms with Crippen molar-refractivity contribution in [3.63, 3.8) is 0 Å². The van der Waals surface area contributed by atoms with E-state index in [1.54, 1.807) is 6.07 Å². The monoisotopic (exact) mass is 217 g/mol. The molecule has 2 aromatic rings. The van der Waals surface area contributed by atoms with E-state index in [2.05, 4.69) is 10.1 Å². The van der Waals surface area contributed by atoms with Gasteiger partial charge in [-0.05, 0) is 19.8 Å². The molecule has 4 heteroatoms. The molecule has 16 heavy (non-hydrogen) atoms. The van der Waals surface area contributed by atoms with Crippen molar-refractivity contribution < 1.29 is 0 Å². The van der Waals surface area contributed by atoms with Crippen molar-refractivity contribution in [2.75, 3.05) is 0 Å². The number of hydrogen-bond donors (Lipinski definition) is 1. The molecule has 0 amide bonds. The number of nitrogens with one attached hydrogen (secondary N) is 1. The quantitative estimate of drug-likeness (QED) is 0.794. The van der Waals surface area contributed by atoms with Crippen LogP contribution >= 0.6 is 0 Å². The Morgan fingerprint density at radius 3 is 2.94 bits per heavy atom. The molecule has 0 saturated heterocycles. The summed E-state index contributed by atoms with van der Waals surface area (Å²) in [4.78, 5) is 16.5. The summed E-state index contributed by atoms with van der Waals surface area (Å²) in [5.41, 5.74) is 2.77. The van der Waals surface area contributed by atoms with Crippen LogP contribution in [0, 0.1) is 6.92 Å². The van der Waals surface area contributed by atoms with Gasteiger partial charge in [0.05, 0.1) is 5.69 Å². The van der Waals surface area contributed by atoms with E-state index >= 15 is 0 Å². The van der Waals surface area contributed by atoms with Crippen LogP contribution in [0.5, 0.6) is 0 Å². The molecule has 4 nitrogen and oxygen atoms in total. The number of fused-ring (bicyclic) bond motifs is 1. The Morgan fingerprint density at radius 1 is 1.44 bits per heavy atom. The van der Waals surface area contributed by atoms with Crippen molar-refractivity contribution in [1.29, 1.82) is 0 Å². The molecule has 0 aromatic carbocycles. The predicted molar refractivity (Wildman–Crippen MR) is 61.8 cm³/mol. The van der Waals surface area contributed by atoms with Crippen molar-refractivity contribution in [2.45, 2.75) is 38.5 Å². The Labute approximate surface area is 93.3 Å². The molecule has 1 fully saturated rings. The highest BCUT2D eigenvalue weighted by molar-refractivity contribution is 5.45. The second-order valence-electron chi connectivity index (χ2n) is 4.62. The first-order valence-electron chi connectivity index (χ1n) is 5.83. The summed E-state index contributed by atoms with van der Waals surface area (Å²) in [7, 11) is 0. The summed E-state index contributed by atoms with van der Waals surface area (Å²) in [6.07, 6.45) is 6.69. The summed E-state index contributed by atoms with van der Waals surface area (Å²) >= 11 is 0. The van der Waals surface area contributed by atoms with Crippen LogP contribution in [0.3, 0.4) is 0 Å². The fourth-order valence-corrected chi connectivity index (χ4v) is 2.55. The lowest BCUT2D eigenvalue weighted by Crippen LogP contribution is -2.16. The second-order valence-corrected chi connectivity index (χ2v) is 4.62. The fraction of sp³-hybridized carbons (Fsp3) is 0.500. The molecule has 0 aliphatic heterocycles. The van der Waals surface area contributed by atoms with Crippen LogP contribution in [0.1, 0.15) is 42.9 Å². The zero-order chi connectivity index (χ0) is 11.1. The third-order valence-electron chi connectivity index (χ3n) is 3.47. The van der Waals surface area contributed by atoms with E-state index in [1.165, 1.54) is 30.2 Å². The summed E-state index contributed by atoms with van der Waals surface area (Å²) in [5, 5.41) is 2.92. The zero-order valence-corrected chi connectivity index (χ0v) is 9.36. The van der Waals surface area contributed by atoms with Crippen molar-refractivity contribution in [2.24, 2.45) is 0 Å². The van der Waals surface area contributed by atoms with Crippen molar-refractivity contribution in [1.82, 2.24) is 14.6 Å². The third kappa shape index (κ3) is 1.37. The molecule has 1 aliphatic rings. The van der Waals surface area contributed by atoms with Crippen LogP contribution in [0.25, 0.3) is 5.65 Å². The summed E-state index contributed by atoms with van der Waals surface area (Å²) in [6.45, 7) is 1.97. The number of aromatic amines is 1. The van der Waals surface area contributed by atoms with Crippen LogP contribution in [-0.4, -0.2) is 14.6 Å². The minimum atomic E-state index is 0. The Kier molecular flexibility index (Phi) is 2.09. The first-order chi connectivity index (χ1) is 7.75. The van der Waals surface area contributed by atoms with Crippen LogP contribution < -0.4 is 5.56 Å². The zero-order valence-electron chi connectivity index (χ0n) is 9.36. The molecule has 3 rings (SSSR count). The van der Waals surface area contributed by atoms with Gasteiger partial charge < -0.3 is 0 Å². The number of rotatable bonds is 1. The average Bonchev–Trinajstić information content (AvgIpc) is 2.88. The predicted octanol–water partition coefficient (Wildman–Crippen LogP) is 1.99. The largest absolute Gasteiger partial charge is 0.297 e. The molecular formula is C12H15N3O. The molecule has 0 radical (unpaired) electrons. The minimum absolute atomic E-state index is 0. The van der Waals surface area contributed by atoms with Gasteiger partial charge in [0.2, 0.25) is 0 Å². The second kappa shape index (κ2) is 3.47. The maximum Gasteiger partial charge on any atom is 0.272 e. The van der Waals surface area contributed by atoms with Crippen molar-refractivity contribution in [3.05, 3.63) is 33.9 Å². The number of aryl methyl sites for hydroxylation is 1. The average molecular weight is 217 g/mol. The number of nitrogens with zero attached hydrogens (tertiary/aromatic N) is 2.